The molecular formula is C9H13N3. The molecule has 2 heterocycles. The fourth-order valence-corrected chi connectivity index (χ4v) is 1.61. The molecule has 0 aromatic carbocycles. The Balaban J connectivity index is 2.47. The van der Waals surface area contributed by atoms with Gasteiger partial charge in [0.25, 0.3) is 0 Å². The second-order valence-corrected chi connectivity index (χ2v) is 3.22. The Hall–Kier alpha value is -1.09. The van der Waals surface area contributed by atoms with Crippen LogP contribution in [0.15, 0.2) is 18.3 Å². The van der Waals surface area contributed by atoms with E-state index >= 15 is 0 Å². The maximum absolute atomic E-state index is 5.92. The van der Waals surface area contributed by atoms with Crippen molar-refractivity contribution in [3.8, 4) is 0 Å². The Morgan fingerprint density at radius 1 is 1.67 bits per heavy atom. The van der Waals surface area contributed by atoms with Crippen LogP contribution in [-0.4, -0.2) is 18.6 Å². The van der Waals surface area contributed by atoms with Crippen LogP contribution in [0.2, 0.25) is 0 Å². The number of hydrogen-bond donors (Lipinski definition) is 1. The molecule has 0 bridgehead atoms. The molecule has 1 aliphatic rings. The fourth-order valence-electron chi connectivity index (χ4n) is 1.61. The Labute approximate surface area is 72.2 Å². The van der Waals surface area contributed by atoms with E-state index in [0.717, 1.165) is 18.7 Å². The predicted molar refractivity (Wildman–Crippen MR) is 49.1 cm³/mol. The SMILES string of the molecule is CN1CCC(N)c2ncccc21. The molecule has 64 valence electrons. The summed E-state index contributed by atoms with van der Waals surface area (Å²) in [6.07, 6.45) is 2.80. The van der Waals surface area contributed by atoms with E-state index in [9.17, 15) is 0 Å². The quantitative estimate of drug-likeness (QED) is 0.618. The fraction of sp³-hybridized carbons (Fsp3) is 0.444. The zero-order chi connectivity index (χ0) is 8.55. The number of aromatic nitrogens is 1. The highest BCUT2D eigenvalue weighted by Crippen LogP contribution is 2.28. The van der Waals surface area contributed by atoms with Gasteiger partial charge in [-0.15, -0.1) is 0 Å². The van der Waals surface area contributed by atoms with Crippen molar-refractivity contribution >= 4 is 5.69 Å². The van der Waals surface area contributed by atoms with E-state index in [4.69, 9.17) is 5.73 Å². The standard InChI is InChI=1S/C9H13N3/c1-12-6-4-7(10)9-8(12)3-2-5-11-9/h2-3,5,7H,4,6,10H2,1H3. The second-order valence-electron chi connectivity index (χ2n) is 3.22. The molecule has 0 amide bonds. The molecule has 1 atom stereocenters. The number of nitrogens with two attached hydrogens (primary N) is 1. The van der Waals surface area contributed by atoms with Gasteiger partial charge in [0, 0.05) is 19.8 Å². The third-order valence-corrected chi connectivity index (χ3v) is 2.35. The van der Waals surface area contributed by atoms with Gasteiger partial charge in [-0.25, -0.2) is 0 Å². The Morgan fingerprint density at radius 2 is 2.50 bits per heavy atom. The lowest BCUT2D eigenvalue weighted by Gasteiger charge is -2.29. The topological polar surface area (TPSA) is 42.1 Å². The van der Waals surface area contributed by atoms with Crippen LogP contribution in [-0.2, 0) is 0 Å². The normalized spacial score (nSPS) is 22.2. The molecule has 1 aliphatic heterocycles. The van der Waals surface area contributed by atoms with Crippen LogP contribution in [0, 0.1) is 0 Å². The molecule has 1 unspecified atom stereocenters. The van der Waals surface area contributed by atoms with Gasteiger partial charge in [0.15, 0.2) is 0 Å². The number of pyridine rings is 1. The molecule has 0 saturated carbocycles. The van der Waals surface area contributed by atoms with Crippen molar-refractivity contribution in [2.45, 2.75) is 12.5 Å². The van der Waals surface area contributed by atoms with Crippen molar-refractivity contribution in [3.05, 3.63) is 24.0 Å². The number of rotatable bonds is 0. The van der Waals surface area contributed by atoms with Gasteiger partial charge in [-0.05, 0) is 18.6 Å². The molecule has 12 heavy (non-hydrogen) atoms. The van der Waals surface area contributed by atoms with Gasteiger partial charge < -0.3 is 10.6 Å². The summed E-state index contributed by atoms with van der Waals surface area (Å²) in [5.74, 6) is 0. The van der Waals surface area contributed by atoms with Crippen LogP contribution in [0.5, 0.6) is 0 Å². The molecule has 3 nitrogen and oxygen atoms in total. The summed E-state index contributed by atoms with van der Waals surface area (Å²) in [4.78, 5) is 6.48. The van der Waals surface area contributed by atoms with Crippen LogP contribution in [0.3, 0.4) is 0 Å². The van der Waals surface area contributed by atoms with Crippen molar-refractivity contribution < 1.29 is 0 Å². The van der Waals surface area contributed by atoms with E-state index in [1.54, 1.807) is 6.20 Å². The van der Waals surface area contributed by atoms with Crippen molar-refractivity contribution in [2.24, 2.45) is 5.73 Å². The summed E-state index contributed by atoms with van der Waals surface area (Å²) in [5.41, 5.74) is 8.13. The van der Waals surface area contributed by atoms with E-state index < -0.39 is 0 Å². The first kappa shape index (κ1) is 7.55. The average molecular weight is 163 g/mol. The summed E-state index contributed by atoms with van der Waals surface area (Å²) < 4.78 is 0. The number of nitrogens with zero attached hydrogens (tertiary/aromatic N) is 2. The number of anilines is 1. The first-order chi connectivity index (χ1) is 5.79. The van der Waals surface area contributed by atoms with Gasteiger partial charge in [-0.3, -0.25) is 4.98 Å². The zero-order valence-corrected chi connectivity index (χ0v) is 7.20. The minimum Gasteiger partial charge on any atom is -0.373 e. The molecule has 0 aliphatic carbocycles. The average Bonchev–Trinajstić information content (AvgIpc) is 2.12. The summed E-state index contributed by atoms with van der Waals surface area (Å²) in [6.45, 7) is 1.03. The lowest BCUT2D eigenvalue weighted by molar-refractivity contribution is 0.597. The minimum absolute atomic E-state index is 0.123. The largest absolute Gasteiger partial charge is 0.373 e. The van der Waals surface area contributed by atoms with Crippen LogP contribution >= 0.6 is 0 Å². The molecule has 0 spiro atoms. The Morgan fingerprint density at radius 3 is 3.25 bits per heavy atom. The van der Waals surface area contributed by atoms with Crippen LogP contribution in [0.4, 0.5) is 5.69 Å². The minimum atomic E-state index is 0.123. The molecule has 1 aromatic rings. The molecule has 2 N–H and O–H groups in total. The molecule has 0 saturated heterocycles. The second kappa shape index (κ2) is 2.75. The molecule has 0 fully saturated rings. The third kappa shape index (κ3) is 1.06. The first-order valence-corrected chi connectivity index (χ1v) is 4.20. The lowest BCUT2D eigenvalue weighted by atomic mass is 10.0. The maximum atomic E-state index is 5.92. The molecule has 1 aromatic heterocycles. The highest BCUT2D eigenvalue weighted by atomic mass is 15.1. The van der Waals surface area contributed by atoms with Gasteiger partial charge >= 0.3 is 0 Å². The number of fused-ring (bicyclic) bond motifs is 1. The Kier molecular flexibility index (Phi) is 1.73. The Bertz CT molecular complexity index is 256. The van der Waals surface area contributed by atoms with Gasteiger partial charge in [0.1, 0.15) is 0 Å². The highest BCUT2D eigenvalue weighted by molar-refractivity contribution is 5.52. The van der Waals surface area contributed by atoms with Crippen molar-refractivity contribution in [1.82, 2.24) is 4.98 Å². The summed E-state index contributed by atoms with van der Waals surface area (Å²) in [7, 11) is 2.08. The van der Waals surface area contributed by atoms with Crippen LogP contribution in [0.1, 0.15) is 18.2 Å². The van der Waals surface area contributed by atoms with E-state index in [0.29, 0.717) is 0 Å². The molecule has 3 heteroatoms. The molecular weight excluding hydrogens is 150 g/mol. The highest BCUT2D eigenvalue weighted by Gasteiger charge is 2.20. The summed E-state index contributed by atoms with van der Waals surface area (Å²) in [6, 6.07) is 4.15. The van der Waals surface area contributed by atoms with E-state index in [1.165, 1.54) is 5.69 Å². The summed E-state index contributed by atoms with van der Waals surface area (Å²) in [5, 5.41) is 0. The summed E-state index contributed by atoms with van der Waals surface area (Å²) >= 11 is 0. The third-order valence-electron chi connectivity index (χ3n) is 2.35. The van der Waals surface area contributed by atoms with E-state index in [-0.39, 0.29) is 6.04 Å². The van der Waals surface area contributed by atoms with Crippen molar-refractivity contribution in [2.75, 3.05) is 18.5 Å². The number of hydrogen-bond acceptors (Lipinski definition) is 3. The van der Waals surface area contributed by atoms with Gasteiger partial charge in [-0.1, -0.05) is 0 Å². The smallest absolute Gasteiger partial charge is 0.0804 e. The zero-order valence-electron chi connectivity index (χ0n) is 7.20. The molecule has 2 rings (SSSR count). The maximum Gasteiger partial charge on any atom is 0.0804 e. The van der Waals surface area contributed by atoms with Gasteiger partial charge in [0.2, 0.25) is 0 Å². The predicted octanol–water partition coefficient (Wildman–Crippen LogP) is 0.921. The first-order valence-electron chi connectivity index (χ1n) is 4.20. The van der Waals surface area contributed by atoms with Crippen LogP contribution in [0.25, 0.3) is 0 Å². The van der Waals surface area contributed by atoms with E-state index in [1.807, 2.05) is 6.07 Å². The molecule has 0 radical (unpaired) electrons. The van der Waals surface area contributed by atoms with E-state index in [2.05, 4.69) is 23.0 Å². The van der Waals surface area contributed by atoms with Crippen molar-refractivity contribution in [1.29, 1.82) is 0 Å². The van der Waals surface area contributed by atoms with Crippen molar-refractivity contribution in [3.63, 3.8) is 0 Å². The van der Waals surface area contributed by atoms with Gasteiger partial charge in [0.05, 0.1) is 17.4 Å². The lowest BCUT2D eigenvalue weighted by Crippen LogP contribution is -2.31. The van der Waals surface area contributed by atoms with Gasteiger partial charge in [-0.2, -0.15) is 0 Å². The monoisotopic (exact) mass is 163 g/mol. The van der Waals surface area contributed by atoms with Crippen LogP contribution < -0.4 is 10.6 Å².